The van der Waals surface area contributed by atoms with Crippen molar-refractivity contribution in [2.45, 2.75) is 25.2 Å². The van der Waals surface area contributed by atoms with E-state index in [1.165, 1.54) is 6.07 Å². The van der Waals surface area contributed by atoms with Gasteiger partial charge < -0.3 is 4.90 Å². The fourth-order valence-electron chi connectivity index (χ4n) is 4.59. The summed E-state index contributed by atoms with van der Waals surface area (Å²) in [6, 6.07) is 16.3. The van der Waals surface area contributed by atoms with Crippen LogP contribution in [0, 0.1) is 12.8 Å². The fourth-order valence-corrected chi connectivity index (χ4v) is 5.09. The number of hydrogen-bond acceptors (Lipinski definition) is 3. The average Bonchev–Trinajstić information content (AvgIpc) is 3.35. The van der Waals surface area contributed by atoms with Crippen LogP contribution in [0.4, 0.5) is 18.9 Å². The Kier molecular flexibility index (Phi) is 5.68. The summed E-state index contributed by atoms with van der Waals surface area (Å²) in [6.07, 6.45) is -4.50. The molecule has 0 spiro atoms. The number of nitrogens with one attached hydrogen (secondary N) is 1. The first kappa shape index (κ1) is 22.9. The summed E-state index contributed by atoms with van der Waals surface area (Å²) in [5.41, 5.74) is 5.48. The lowest BCUT2D eigenvalue weighted by molar-refractivity contribution is -0.137. The Morgan fingerprint density at radius 3 is 2.47 bits per heavy atom. The summed E-state index contributed by atoms with van der Waals surface area (Å²) in [5.74, 6) is -0.756. The third-order valence-corrected chi connectivity index (χ3v) is 7.36. The number of carbonyl (C=O) groups is 1. The minimum Gasteiger partial charge on any atom is -0.302 e. The summed E-state index contributed by atoms with van der Waals surface area (Å²) >= 11 is 9.54. The molecule has 174 valence electrons. The number of rotatable bonds is 3. The quantitative estimate of drug-likeness (QED) is 0.406. The molecule has 0 saturated carbocycles. The van der Waals surface area contributed by atoms with E-state index in [0.29, 0.717) is 22.0 Å². The number of amides is 1. The molecule has 3 atom stereocenters. The molecule has 3 unspecified atom stereocenters. The van der Waals surface area contributed by atoms with Crippen LogP contribution in [0.1, 0.15) is 28.3 Å². The molecule has 1 fully saturated rings. The van der Waals surface area contributed by atoms with Gasteiger partial charge in [0.25, 0.3) is 5.91 Å². The van der Waals surface area contributed by atoms with E-state index >= 15 is 0 Å². The van der Waals surface area contributed by atoms with E-state index in [-0.39, 0.29) is 5.91 Å². The molecule has 1 saturated heterocycles. The zero-order valence-electron chi connectivity index (χ0n) is 17.8. The number of hydrazone groups is 1. The second-order valence-electron chi connectivity index (χ2n) is 8.35. The maximum Gasteiger partial charge on any atom is 0.416 e. The zero-order valence-corrected chi connectivity index (χ0v) is 20.1. The van der Waals surface area contributed by atoms with Crippen LogP contribution in [0.25, 0.3) is 0 Å². The maximum atomic E-state index is 13.6. The Morgan fingerprint density at radius 2 is 1.79 bits per heavy atom. The van der Waals surface area contributed by atoms with Gasteiger partial charge in [-0.1, -0.05) is 57.9 Å². The number of benzene rings is 3. The lowest BCUT2D eigenvalue weighted by atomic mass is 9.84. The predicted octanol–water partition coefficient (Wildman–Crippen LogP) is 6.51. The van der Waals surface area contributed by atoms with E-state index < -0.39 is 29.7 Å². The van der Waals surface area contributed by atoms with Crippen molar-refractivity contribution in [2.75, 3.05) is 4.90 Å². The molecule has 2 heterocycles. The smallest absolute Gasteiger partial charge is 0.302 e. The minimum absolute atomic E-state index is 0.254. The SMILES string of the molecule is Cc1ccc(N2C(=O)C3NN=C(c4ccc(Cl)cc4)C3C2c2cccc(C(F)(F)F)c2)cc1Br. The summed E-state index contributed by atoms with van der Waals surface area (Å²) < 4.78 is 41.5. The topological polar surface area (TPSA) is 44.7 Å². The summed E-state index contributed by atoms with van der Waals surface area (Å²) in [6.45, 7) is 1.92. The van der Waals surface area contributed by atoms with Gasteiger partial charge in [-0.05, 0) is 60.0 Å². The first-order valence-corrected chi connectivity index (χ1v) is 11.7. The number of halogens is 5. The second kappa shape index (κ2) is 8.43. The van der Waals surface area contributed by atoms with Crippen LogP contribution in [-0.2, 0) is 11.0 Å². The normalized spacial score (nSPS) is 21.9. The van der Waals surface area contributed by atoms with Gasteiger partial charge in [0.05, 0.1) is 23.2 Å². The molecule has 2 aliphatic heterocycles. The number of carbonyl (C=O) groups excluding carboxylic acids is 1. The molecule has 4 nitrogen and oxygen atoms in total. The van der Waals surface area contributed by atoms with Crippen molar-refractivity contribution in [1.29, 1.82) is 0 Å². The molecule has 0 bridgehead atoms. The van der Waals surface area contributed by atoms with Gasteiger partial charge in [0.1, 0.15) is 6.04 Å². The van der Waals surface area contributed by atoms with Crippen molar-refractivity contribution in [3.05, 3.63) is 98.5 Å². The van der Waals surface area contributed by atoms with Crippen LogP contribution in [0.15, 0.2) is 76.3 Å². The lowest BCUT2D eigenvalue weighted by Crippen LogP contribution is -2.36. The molecular formula is C25H18BrClF3N3O. The first-order chi connectivity index (χ1) is 16.1. The largest absolute Gasteiger partial charge is 0.416 e. The third-order valence-electron chi connectivity index (χ3n) is 6.25. The molecule has 9 heteroatoms. The van der Waals surface area contributed by atoms with Gasteiger partial charge in [0, 0.05) is 15.2 Å². The van der Waals surface area contributed by atoms with E-state index in [4.69, 9.17) is 11.6 Å². The van der Waals surface area contributed by atoms with Gasteiger partial charge >= 0.3 is 6.18 Å². The molecule has 0 aromatic heterocycles. The van der Waals surface area contributed by atoms with Crippen molar-refractivity contribution in [2.24, 2.45) is 11.0 Å². The zero-order chi connectivity index (χ0) is 24.2. The Bertz CT molecular complexity index is 1310. The van der Waals surface area contributed by atoms with Crippen molar-refractivity contribution in [1.82, 2.24) is 5.43 Å². The lowest BCUT2D eigenvalue weighted by Gasteiger charge is -2.29. The number of anilines is 1. The van der Waals surface area contributed by atoms with Gasteiger partial charge in [-0.25, -0.2) is 0 Å². The third kappa shape index (κ3) is 3.88. The van der Waals surface area contributed by atoms with Crippen LogP contribution in [0.5, 0.6) is 0 Å². The Hall–Kier alpha value is -2.84. The highest BCUT2D eigenvalue weighted by atomic mass is 79.9. The number of hydrogen-bond donors (Lipinski definition) is 1. The molecule has 5 rings (SSSR count). The number of fused-ring (bicyclic) bond motifs is 1. The summed E-state index contributed by atoms with van der Waals surface area (Å²) in [5, 5.41) is 4.97. The average molecular weight is 549 g/mol. The van der Waals surface area contributed by atoms with Crippen molar-refractivity contribution in [3.63, 3.8) is 0 Å². The molecule has 2 aliphatic rings. The van der Waals surface area contributed by atoms with Crippen molar-refractivity contribution < 1.29 is 18.0 Å². The monoisotopic (exact) mass is 547 g/mol. The standard InChI is InChI=1S/C25H18BrClF3N3O/c1-13-5-10-18(12-19(13)26)33-23(15-3-2-4-16(11-15)25(28,29)30)20-21(31-32-22(20)24(33)34)14-6-8-17(27)9-7-14/h2-12,20,22-23,32H,1H3. The van der Waals surface area contributed by atoms with Crippen molar-refractivity contribution in [3.8, 4) is 0 Å². The molecule has 0 aliphatic carbocycles. The minimum atomic E-state index is -4.50. The van der Waals surface area contributed by atoms with Crippen LogP contribution in [0.2, 0.25) is 5.02 Å². The highest BCUT2D eigenvalue weighted by Crippen LogP contribution is 2.46. The van der Waals surface area contributed by atoms with Gasteiger partial charge in [-0.15, -0.1) is 0 Å². The maximum absolute atomic E-state index is 13.6. The van der Waals surface area contributed by atoms with E-state index in [0.717, 1.165) is 27.7 Å². The number of aryl methyl sites for hydroxylation is 1. The Balaban J connectivity index is 1.67. The van der Waals surface area contributed by atoms with Gasteiger partial charge in [0.15, 0.2) is 0 Å². The molecule has 3 aromatic rings. The van der Waals surface area contributed by atoms with Gasteiger partial charge in [-0.3, -0.25) is 10.2 Å². The second-order valence-corrected chi connectivity index (χ2v) is 9.64. The highest BCUT2D eigenvalue weighted by Gasteiger charge is 2.54. The van der Waals surface area contributed by atoms with E-state index in [1.807, 2.05) is 19.1 Å². The molecule has 0 radical (unpaired) electrons. The van der Waals surface area contributed by atoms with Crippen LogP contribution in [0.3, 0.4) is 0 Å². The summed E-state index contributed by atoms with van der Waals surface area (Å²) in [4.78, 5) is 15.2. The van der Waals surface area contributed by atoms with Crippen LogP contribution in [-0.4, -0.2) is 17.7 Å². The van der Waals surface area contributed by atoms with Gasteiger partial charge in [-0.2, -0.15) is 18.3 Å². The van der Waals surface area contributed by atoms with Crippen molar-refractivity contribution >= 4 is 44.8 Å². The van der Waals surface area contributed by atoms with Crippen LogP contribution < -0.4 is 10.3 Å². The van der Waals surface area contributed by atoms with E-state index in [2.05, 4.69) is 26.5 Å². The predicted molar refractivity (Wildman–Crippen MR) is 129 cm³/mol. The molecule has 1 N–H and O–H groups in total. The van der Waals surface area contributed by atoms with Crippen LogP contribution >= 0.6 is 27.5 Å². The number of alkyl halides is 3. The van der Waals surface area contributed by atoms with E-state index in [1.54, 1.807) is 41.3 Å². The highest BCUT2D eigenvalue weighted by molar-refractivity contribution is 9.10. The molecular weight excluding hydrogens is 531 g/mol. The van der Waals surface area contributed by atoms with E-state index in [9.17, 15) is 18.0 Å². The molecule has 3 aromatic carbocycles. The molecule has 1 amide bonds. The number of nitrogens with zero attached hydrogens (tertiary/aromatic N) is 2. The first-order valence-electron chi connectivity index (χ1n) is 10.5. The molecule has 34 heavy (non-hydrogen) atoms. The van der Waals surface area contributed by atoms with Gasteiger partial charge in [0.2, 0.25) is 0 Å². The Morgan fingerprint density at radius 1 is 1.06 bits per heavy atom. The fraction of sp³-hybridized carbons (Fsp3) is 0.200. The summed E-state index contributed by atoms with van der Waals surface area (Å²) in [7, 11) is 0. The Labute approximate surface area is 207 Å².